The van der Waals surface area contributed by atoms with E-state index in [1.54, 1.807) is 0 Å². The van der Waals surface area contributed by atoms with Gasteiger partial charge in [-0.2, -0.15) is 0 Å². The highest BCUT2D eigenvalue weighted by atomic mass is 35.5. The van der Waals surface area contributed by atoms with E-state index in [1.807, 2.05) is 0 Å². The maximum Gasteiger partial charge on any atom is 0.320 e. The molecule has 0 aromatic heterocycles. The zero-order valence-electron chi connectivity index (χ0n) is 7.03. The minimum atomic E-state index is -1.03. The van der Waals surface area contributed by atoms with Crippen molar-refractivity contribution < 1.29 is 14.7 Å². The first-order valence-electron chi connectivity index (χ1n) is 3.55. The summed E-state index contributed by atoms with van der Waals surface area (Å²) in [6.07, 6.45) is 0.839. The van der Waals surface area contributed by atoms with Gasteiger partial charge in [0.25, 0.3) is 0 Å². The first-order chi connectivity index (χ1) is 5.54. The molecule has 0 aliphatic heterocycles. The van der Waals surface area contributed by atoms with Gasteiger partial charge >= 0.3 is 12.0 Å². The number of carbonyl (C=O) groups is 2. The van der Waals surface area contributed by atoms with Gasteiger partial charge in [-0.25, -0.2) is 4.79 Å². The number of halogens is 1. The van der Waals surface area contributed by atoms with Gasteiger partial charge in [-0.3, -0.25) is 4.79 Å². The molecule has 0 radical (unpaired) electrons. The zero-order chi connectivity index (χ0) is 9.56. The van der Waals surface area contributed by atoms with Crippen LogP contribution in [-0.2, 0) is 4.79 Å². The highest BCUT2D eigenvalue weighted by molar-refractivity contribution is 5.85. The molecule has 0 unspecified atom stereocenters. The molecule has 0 saturated heterocycles. The lowest BCUT2D eigenvalue weighted by molar-refractivity contribution is -0.138. The van der Waals surface area contributed by atoms with Crippen LogP contribution in [0.25, 0.3) is 0 Å². The van der Waals surface area contributed by atoms with Crippen molar-refractivity contribution in [2.45, 2.75) is 18.9 Å². The quantitative estimate of drug-likeness (QED) is 0.448. The summed E-state index contributed by atoms with van der Waals surface area (Å²) >= 11 is 0. The first kappa shape index (κ1) is 14.5. The van der Waals surface area contributed by atoms with E-state index < -0.39 is 18.0 Å². The Morgan fingerprint density at radius 1 is 1.46 bits per heavy atom. The normalized spacial score (nSPS) is 11.2. The van der Waals surface area contributed by atoms with Gasteiger partial charge < -0.3 is 21.9 Å². The van der Waals surface area contributed by atoms with E-state index in [9.17, 15) is 9.59 Å². The Kier molecular flexibility index (Phi) is 8.52. The van der Waals surface area contributed by atoms with Crippen molar-refractivity contribution in [1.29, 1.82) is 0 Å². The smallest absolute Gasteiger partial charge is 0.320 e. The lowest BCUT2D eigenvalue weighted by atomic mass is 10.2. The molecule has 6 N–H and O–H groups in total. The lowest BCUT2D eigenvalue weighted by Crippen LogP contribution is -2.33. The largest absolute Gasteiger partial charge is 0.480 e. The molecule has 0 bridgehead atoms. The van der Waals surface area contributed by atoms with Crippen LogP contribution >= 0.6 is 12.4 Å². The molecule has 13 heavy (non-hydrogen) atoms. The Hall–Kier alpha value is -1.01. The van der Waals surface area contributed by atoms with Crippen LogP contribution in [0.2, 0.25) is 0 Å². The third-order valence-electron chi connectivity index (χ3n) is 1.31. The second-order valence-electron chi connectivity index (χ2n) is 2.38. The maximum atomic E-state index is 10.2. The third-order valence-corrected chi connectivity index (χ3v) is 1.31. The number of nitrogens with one attached hydrogen (secondary N) is 1. The number of rotatable bonds is 5. The fourth-order valence-electron chi connectivity index (χ4n) is 0.657. The van der Waals surface area contributed by atoms with Crippen LogP contribution < -0.4 is 16.8 Å². The number of hydrogen-bond acceptors (Lipinski definition) is 3. The molecule has 0 aliphatic carbocycles. The molecular formula is C6H14ClN3O3. The fraction of sp³-hybridized carbons (Fsp3) is 0.667. The van der Waals surface area contributed by atoms with Gasteiger partial charge in [0.05, 0.1) is 0 Å². The fourth-order valence-corrected chi connectivity index (χ4v) is 0.657. The number of carboxylic acids is 1. The number of urea groups is 1. The van der Waals surface area contributed by atoms with E-state index >= 15 is 0 Å². The van der Waals surface area contributed by atoms with Crippen LogP contribution in [0.1, 0.15) is 12.8 Å². The Balaban J connectivity index is 0. The van der Waals surface area contributed by atoms with Crippen LogP contribution in [0, 0.1) is 0 Å². The molecule has 1 atom stereocenters. The summed E-state index contributed by atoms with van der Waals surface area (Å²) in [6, 6.07) is -1.47. The molecule has 0 fully saturated rings. The van der Waals surface area contributed by atoms with Crippen LogP contribution in [0.5, 0.6) is 0 Å². The van der Waals surface area contributed by atoms with E-state index in [2.05, 4.69) is 5.32 Å². The minimum absolute atomic E-state index is 0. The number of aliphatic carboxylic acids is 1. The van der Waals surface area contributed by atoms with Crippen molar-refractivity contribution in [3.63, 3.8) is 0 Å². The molecular weight excluding hydrogens is 198 g/mol. The van der Waals surface area contributed by atoms with Crippen molar-refractivity contribution in [2.24, 2.45) is 11.5 Å². The van der Waals surface area contributed by atoms with Crippen LogP contribution in [-0.4, -0.2) is 29.7 Å². The number of nitrogens with two attached hydrogens (primary N) is 2. The zero-order valence-corrected chi connectivity index (χ0v) is 7.84. The van der Waals surface area contributed by atoms with Gasteiger partial charge in [-0.15, -0.1) is 12.4 Å². The van der Waals surface area contributed by atoms with Gasteiger partial charge in [0.1, 0.15) is 6.04 Å². The maximum absolute atomic E-state index is 10.2. The summed E-state index contributed by atoms with van der Waals surface area (Å²) in [5, 5.41) is 10.7. The Morgan fingerprint density at radius 3 is 2.38 bits per heavy atom. The number of primary amides is 1. The topological polar surface area (TPSA) is 118 Å². The van der Waals surface area contributed by atoms with Crippen molar-refractivity contribution >= 4 is 24.4 Å². The molecule has 0 aromatic rings. The summed E-state index contributed by atoms with van der Waals surface area (Å²) in [7, 11) is 0. The molecule has 0 aliphatic rings. The van der Waals surface area contributed by atoms with E-state index in [0.29, 0.717) is 19.4 Å². The standard InChI is InChI=1S/C6H13N3O3.ClH/c7-4(5(10)11)2-1-3-9-6(8)12;/h4H,1-3,7H2,(H,10,11)(H3,8,9,12);1H/t4-;/m0./s1. The molecule has 6 nitrogen and oxygen atoms in total. The van der Waals surface area contributed by atoms with E-state index in [1.165, 1.54) is 0 Å². The van der Waals surface area contributed by atoms with Gasteiger partial charge in [0.2, 0.25) is 0 Å². The summed E-state index contributed by atoms with van der Waals surface area (Å²) in [4.78, 5) is 20.3. The molecule has 7 heteroatoms. The predicted octanol–water partition coefficient (Wildman–Crippen LogP) is -0.731. The number of carboxylic acid groups (broad SMARTS) is 1. The molecule has 2 amide bonds. The molecule has 0 rings (SSSR count). The summed E-state index contributed by atoms with van der Waals surface area (Å²) < 4.78 is 0. The van der Waals surface area contributed by atoms with Gasteiger partial charge in [-0.1, -0.05) is 0 Å². The Morgan fingerprint density at radius 2 is 2.00 bits per heavy atom. The Labute approximate surface area is 82.1 Å². The van der Waals surface area contributed by atoms with Crippen molar-refractivity contribution in [3.8, 4) is 0 Å². The summed E-state index contributed by atoms with van der Waals surface area (Å²) in [5.41, 5.74) is 9.96. The van der Waals surface area contributed by atoms with Gasteiger partial charge in [0.15, 0.2) is 0 Å². The average Bonchev–Trinajstić information content (AvgIpc) is 1.97. The molecule has 0 aromatic carbocycles. The second-order valence-corrected chi connectivity index (χ2v) is 2.38. The van der Waals surface area contributed by atoms with Crippen molar-refractivity contribution in [2.75, 3.05) is 6.54 Å². The van der Waals surface area contributed by atoms with Crippen molar-refractivity contribution in [3.05, 3.63) is 0 Å². The number of amides is 2. The highest BCUT2D eigenvalue weighted by Gasteiger charge is 2.09. The van der Waals surface area contributed by atoms with E-state index in [4.69, 9.17) is 16.6 Å². The highest BCUT2D eigenvalue weighted by Crippen LogP contribution is 1.92. The lowest BCUT2D eigenvalue weighted by Gasteiger charge is -2.05. The number of hydrogen-bond donors (Lipinski definition) is 4. The molecule has 0 saturated carbocycles. The van der Waals surface area contributed by atoms with Gasteiger partial charge in [0, 0.05) is 6.54 Å². The predicted molar refractivity (Wildman–Crippen MR) is 49.7 cm³/mol. The van der Waals surface area contributed by atoms with E-state index in [-0.39, 0.29) is 12.4 Å². The van der Waals surface area contributed by atoms with Gasteiger partial charge in [-0.05, 0) is 12.8 Å². The third kappa shape index (κ3) is 8.90. The Bertz CT molecular complexity index is 177. The van der Waals surface area contributed by atoms with Crippen molar-refractivity contribution in [1.82, 2.24) is 5.32 Å². The average molecular weight is 212 g/mol. The minimum Gasteiger partial charge on any atom is -0.480 e. The van der Waals surface area contributed by atoms with E-state index in [0.717, 1.165) is 0 Å². The monoisotopic (exact) mass is 211 g/mol. The van der Waals surface area contributed by atoms with Crippen LogP contribution in [0.3, 0.4) is 0 Å². The summed E-state index contributed by atoms with van der Waals surface area (Å²) in [6.45, 7) is 0.357. The molecule has 0 heterocycles. The molecule has 0 spiro atoms. The second kappa shape index (κ2) is 7.63. The summed E-state index contributed by atoms with van der Waals surface area (Å²) in [5.74, 6) is -1.03. The van der Waals surface area contributed by atoms with Crippen LogP contribution in [0.15, 0.2) is 0 Å². The van der Waals surface area contributed by atoms with Crippen LogP contribution in [0.4, 0.5) is 4.79 Å². The first-order valence-corrected chi connectivity index (χ1v) is 3.55. The number of carbonyl (C=O) groups excluding carboxylic acids is 1. The molecule has 78 valence electrons. The SMILES string of the molecule is Cl.NC(=O)NCCC[C@H](N)C(=O)O.